The van der Waals surface area contributed by atoms with Crippen LogP contribution in [0.4, 0.5) is 0 Å². The molecule has 0 spiro atoms. The van der Waals surface area contributed by atoms with E-state index < -0.39 is 0 Å². The molecule has 21 heavy (non-hydrogen) atoms. The fourth-order valence-corrected chi connectivity index (χ4v) is 4.49. The van der Waals surface area contributed by atoms with Crippen molar-refractivity contribution in [2.24, 2.45) is 0 Å². The molecular weight excluding hydrogens is 268 g/mol. The molecule has 0 aromatic heterocycles. The summed E-state index contributed by atoms with van der Waals surface area (Å²) in [6.07, 6.45) is 14.1. The fraction of sp³-hybridized carbons (Fsp3) is 0.700. The zero-order chi connectivity index (χ0) is 15.3. The summed E-state index contributed by atoms with van der Waals surface area (Å²) >= 11 is 0. The molecule has 0 bridgehead atoms. The molecule has 0 fully saturated rings. The molecule has 1 rings (SSSR count). The summed E-state index contributed by atoms with van der Waals surface area (Å²) in [7, 11) is 1.34. The first-order valence-corrected chi connectivity index (χ1v) is 10.5. The van der Waals surface area contributed by atoms with Crippen molar-refractivity contribution in [2.45, 2.75) is 89.5 Å². The molecular formula is C20H36Si. The van der Waals surface area contributed by atoms with Gasteiger partial charge in [-0.15, -0.1) is 0 Å². The van der Waals surface area contributed by atoms with Gasteiger partial charge in [0.15, 0.2) is 0 Å². The van der Waals surface area contributed by atoms with Crippen LogP contribution in [0.25, 0.3) is 0 Å². The first kappa shape index (κ1) is 18.5. The second-order valence-electron chi connectivity index (χ2n) is 6.69. The van der Waals surface area contributed by atoms with Crippen molar-refractivity contribution >= 4 is 10.2 Å². The van der Waals surface area contributed by atoms with Gasteiger partial charge >= 0.3 is 0 Å². The largest absolute Gasteiger partial charge is 0.0654 e. The molecule has 0 aliphatic heterocycles. The fourth-order valence-electron chi connectivity index (χ4n) is 3.37. The van der Waals surface area contributed by atoms with E-state index in [-0.39, 0.29) is 0 Å². The van der Waals surface area contributed by atoms with Crippen LogP contribution in [-0.4, -0.2) is 10.2 Å². The SMILES string of the molecule is CCCCCCCC([SiH3])C(CCCCC)c1ccccc1. The van der Waals surface area contributed by atoms with Gasteiger partial charge in [-0.3, -0.25) is 0 Å². The lowest BCUT2D eigenvalue weighted by Gasteiger charge is -2.25. The molecule has 0 radical (unpaired) electrons. The summed E-state index contributed by atoms with van der Waals surface area (Å²) in [5, 5.41) is 0. The maximum atomic E-state index is 2.36. The minimum atomic E-state index is 0.829. The lowest BCUT2D eigenvalue weighted by Crippen LogP contribution is -2.08. The highest BCUT2D eigenvalue weighted by molar-refractivity contribution is 6.12. The Morgan fingerprint density at radius 1 is 0.762 bits per heavy atom. The van der Waals surface area contributed by atoms with Crippen molar-refractivity contribution in [3.8, 4) is 0 Å². The van der Waals surface area contributed by atoms with Gasteiger partial charge in [0.1, 0.15) is 0 Å². The van der Waals surface area contributed by atoms with Crippen LogP contribution in [0.2, 0.25) is 5.54 Å². The Morgan fingerprint density at radius 2 is 1.33 bits per heavy atom. The number of rotatable bonds is 12. The minimum absolute atomic E-state index is 0.829. The summed E-state index contributed by atoms with van der Waals surface area (Å²) in [5.74, 6) is 0.829. The van der Waals surface area contributed by atoms with Crippen LogP contribution >= 0.6 is 0 Å². The molecule has 1 aromatic carbocycles. The van der Waals surface area contributed by atoms with Gasteiger partial charge in [0.25, 0.3) is 0 Å². The monoisotopic (exact) mass is 304 g/mol. The van der Waals surface area contributed by atoms with Gasteiger partial charge in [-0.2, -0.15) is 0 Å². The van der Waals surface area contributed by atoms with Crippen molar-refractivity contribution in [3.05, 3.63) is 35.9 Å². The molecule has 0 N–H and O–H groups in total. The van der Waals surface area contributed by atoms with Gasteiger partial charge in [-0.05, 0) is 23.4 Å². The Hall–Kier alpha value is -0.563. The molecule has 0 nitrogen and oxygen atoms in total. The maximum Gasteiger partial charge on any atom is 0.00750 e. The van der Waals surface area contributed by atoms with Crippen LogP contribution in [0.3, 0.4) is 0 Å². The van der Waals surface area contributed by atoms with Gasteiger partial charge in [0.2, 0.25) is 0 Å². The van der Waals surface area contributed by atoms with E-state index >= 15 is 0 Å². The Bertz CT molecular complexity index is 333. The first-order valence-electron chi connectivity index (χ1n) is 9.34. The van der Waals surface area contributed by atoms with E-state index in [9.17, 15) is 0 Å². The maximum absolute atomic E-state index is 2.36. The van der Waals surface area contributed by atoms with E-state index in [4.69, 9.17) is 0 Å². The normalized spacial score (nSPS) is 14.2. The highest BCUT2D eigenvalue weighted by atomic mass is 28.1. The number of hydrogen-bond acceptors (Lipinski definition) is 0. The van der Waals surface area contributed by atoms with Crippen molar-refractivity contribution in [1.82, 2.24) is 0 Å². The summed E-state index contributed by atoms with van der Waals surface area (Å²) < 4.78 is 0. The third kappa shape index (κ3) is 7.85. The number of benzene rings is 1. The molecule has 120 valence electrons. The van der Waals surface area contributed by atoms with Crippen LogP contribution in [0.1, 0.15) is 89.5 Å². The van der Waals surface area contributed by atoms with Gasteiger partial charge in [-0.1, -0.05) is 102 Å². The zero-order valence-electron chi connectivity index (χ0n) is 14.6. The molecule has 0 aliphatic carbocycles. The molecule has 0 aliphatic rings. The van der Waals surface area contributed by atoms with Gasteiger partial charge in [0, 0.05) is 10.2 Å². The standard InChI is InChI=1S/C20H36Si/c1-3-5-7-8-13-17-20(21)19(16-10-6-4-2)18-14-11-9-12-15-18/h9,11-12,14-15,19-20H,3-8,10,13,16-17H2,1-2,21H3. The molecule has 0 saturated carbocycles. The molecule has 2 atom stereocenters. The second-order valence-corrected chi connectivity index (χ2v) is 8.18. The average molecular weight is 305 g/mol. The smallest absolute Gasteiger partial charge is 0.00750 e. The summed E-state index contributed by atoms with van der Waals surface area (Å²) in [6.45, 7) is 4.61. The first-order chi connectivity index (χ1) is 10.3. The van der Waals surface area contributed by atoms with E-state index in [1.54, 1.807) is 5.56 Å². The minimum Gasteiger partial charge on any atom is -0.0654 e. The van der Waals surface area contributed by atoms with Crippen LogP contribution in [0, 0.1) is 0 Å². The van der Waals surface area contributed by atoms with Crippen molar-refractivity contribution < 1.29 is 0 Å². The summed E-state index contributed by atoms with van der Waals surface area (Å²) in [5.41, 5.74) is 2.56. The van der Waals surface area contributed by atoms with E-state index in [1.165, 1.54) is 74.5 Å². The van der Waals surface area contributed by atoms with Crippen LogP contribution in [0.5, 0.6) is 0 Å². The molecule has 1 aromatic rings. The highest BCUT2D eigenvalue weighted by Gasteiger charge is 2.18. The molecule has 0 saturated heterocycles. The lowest BCUT2D eigenvalue weighted by atomic mass is 9.87. The third-order valence-electron chi connectivity index (χ3n) is 4.80. The Balaban J connectivity index is 2.46. The van der Waals surface area contributed by atoms with E-state index in [0.29, 0.717) is 0 Å². The average Bonchev–Trinajstić information content (AvgIpc) is 2.52. The molecule has 0 heterocycles. The Kier molecular flexibility index (Phi) is 10.6. The number of unbranched alkanes of at least 4 members (excludes halogenated alkanes) is 6. The lowest BCUT2D eigenvalue weighted by molar-refractivity contribution is 0.495. The van der Waals surface area contributed by atoms with Crippen LogP contribution in [-0.2, 0) is 0 Å². The van der Waals surface area contributed by atoms with Crippen molar-refractivity contribution in [3.63, 3.8) is 0 Å². The quantitative estimate of drug-likeness (QED) is 0.335. The topological polar surface area (TPSA) is 0 Å². The second kappa shape index (κ2) is 12.0. The molecule has 1 heteroatoms. The third-order valence-corrected chi connectivity index (χ3v) is 6.18. The van der Waals surface area contributed by atoms with Crippen molar-refractivity contribution in [2.75, 3.05) is 0 Å². The Morgan fingerprint density at radius 3 is 2.00 bits per heavy atom. The molecule has 2 unspecified atom stereocenters. The van der Waals surface area contributed by atoms with Crippen molar-refractivity contribution in [1.29, 1.82) is 0 Å². The summed E-state index contributed by atoms with van der Waals surface area (Å²) in [4.78, 5) is 0. The summed E-state index contributed by atoms with van der Waals surface area (Å²) in [6, 6.07) is 11.3. The van der Waals surface area contributed by atoms with Crippen LogP contribution < -0.4 is 0 Å². The number of hydrogen-bond donors (Lipinski definition) is 0. The molecule has 0 amide bonds. The predicted octanol–water partition coefficient (Wildman–Crippen LogP) is 5.86. The van der Waals surface area contributed by atoms with E-state index in [1.807, 2.05) is 0 Å². The van der Waals surface area contributed by atoms with E-state index in [0.717, 1.165) is 11.5 Å². The predicted molar refractivity (Wildman–Crippen MR) is 100 cm³/mol. The highest BCUT2D eigenvalue weighted by Crippen LogP contribution is 2.35. The zero-order valence-corrected chi connectivity index (χ0v) is 16.6. The van der Waals surface area contributed by atoms with Gasteiger partial charge < -0.3 is 0 Å². The van der Waals surface area contributed by atoms with Gasteiger partial charge in [0.05, 0.1) is 0 Å². The van der Waals surface area contributed by atoms with E-state index in [2.05, 4.69) is 44.2 Å². The Labute approximate surface area is 136 Å². The van der Waals surface area contributed by atoms with Crippen LogP contribution in [0.15, 0.2) is 30.3 Å². The van der Waals surface area contributed by atoms with Gasteiger partial charge in [-0.25, -0.2) is 0 Å².